The Hall–Kier alpha value is -1.38. The minimum atomic E-state index is -0.115. The molecule has 0 amide bonds. The maximum Gasteiger partial charge on any atom is 0.123 e. The summed E-state index contributed by atoms with van der Waals surface area (Å²) in [7, 11) is 0. The minimum Gasteiger partial charge on any atom is -0.372 e. The molecule has 1 aliphatic carbocycles. The van der Waals surface area contributed by atoms with E-state index in [0.717, 1.165) is 38.2 Å². The van der Waals surface area contributed by atoms with Gasteiger partial charge in [0.15, 0.2) is 0 Å². The van der Waals surface area contributed by atoms with Crippen molar-refractivity contribution in [1.29, 1.82) is 0 Å². The summed E-state index contributed by atoms with van der Waals surface area (Å²) >= 11 is 0. The summed E-state index contributed by atoms with van der Waals surface area (Å²) in [5.41, 5.74) is 2.50. The van der Waals surface area contributed by atoms with E-state index in [9.17, 15) is 4.39 Å². The molecule has 0 fully saturated rings. The average molecular weight is 218 g/mol. The molecule has 0 aromatic heterocycles. The van der Waals surface area contributed by atoms with Gasteiger partial charge in [-0.05, 0) is 42.0 Å². The number of aryl methyl sites for hydroxylation is 1. The Bertz CT molecular complexity index is 440. The molecule has 1 N–H and O–H groups in total. The first-order chi connectivity index (χ1) is 7.83. The fourth-order valence-corrected chi connectivity index (χ4v) is 2.70. The predicted molar refractivity (Wildman–Crippen MR) is 62.4 cm³/mol. The summed E-state index contributed by atoms with van der Waals surface area (Å²) in [5.74, 6) is 1.54. The number of halogens is 1. The van der Waals surface area contributed by atoms with Crippen LogP contribution in [0, 0.1) is 5.82 Å². The van der Waals surface area contributed by atoms with E-state index in [0.29, 0.717) is 5.92 Å². The molecule has 0 bridgehead atoms. The van der Waals surface area contributed by atoms with Crippen LogP contribution in [0.15, 0.2) is 23.2 Å². The van der Waals surface area contributed by atoms with E-state index in [4.69, 9.17) is 0 Å². The summed E-state index contributed by atoms with van der Waals surface area (Å²) < 4.78 is 13.1. The first kappa shape index (κ1) is 9.82. The zero-order valence-electron chi connectivity index (χ0n) is 9.17. The molecule has 1 unspecified atom stereocenters. The Labute approximate surface area is 94.6 Å². The van der Waals surface area contributed by atoms with Gasteiger partial charge in [-0.3, -0.25) is 4.99 Å². The summed E-state index contributed by atoms with van der Waals surface area (Å²) in [6, 6.07) is 5.19. The van der Waals surface area contributed by atoms with Gasteiger partial charge >= 0.3 is 0 Å². The Balaban J connectivity index is 1.80. The van der Waals surface area contributed by atoms with Crippen molar-refractivity contribution in [3.05, 3.63) is 35.1 Å². The van der Waals surface area contributed by atoms with Crippen LogP contribution in [0.3, 0.4) is 0 Å². The van der Waals surface area contributed by atoms with Crippen molar-refractivity contribution in [3.63, 3.8) is 0 Å². The molecule has 0 spiro atoms. The molecule has 1 heterocycles. The molecule has 0 saturated carbocycles. The minimum absolute atomic E-state index is 0.115. The maximum atomic E-state index is 13.1. The van der Waals surface area contributed by atoms with Crippen molar-refractivity contribution in [1.82, 2.24) is 5.32 Å². The van der Waals surface area contributed by atoms with Gasteiger partial charge in [-0.1, -0.05) is 6.07 Å². The van der Waals surface area contributed by atoms with Crippen molar-refractivity contribution >= 4 is 5.84 Å². The molecule has 0 saturated heterocycles. The topological polar surface area (TPSA) is 24.4 Å². The molecule has 2 nitrogen and oxygen atoms in total. The smallest absolute Gasteiger partial charge is 0.123 e. The van der Waals surface area contributed by atoms with Crippen molar-refractivity contribution < 1.29 is 4.39 Å². The van der Waals surface area contributed by atoms with E-state index in [2.05, 4.69) is 10.3 Å². The van der Waals surface area contributed by atoms with Gasteiger partial charge in [0, 0.05) is 13.0 Å². The number of nitrogens with zero attached hydrogens (tertiary/aromatic N) is 1. The van der Waals surface area contributed by atoms with Gasteiger partial charge in [0.2, 0.25) is 0 Å². The quantitative estimate of drug-likeness (QED) is 0.809. The van der Waals surface area contributed by atoms with Crippen LogP contribution in [-0.2, 0) is 6.42 Å². The Kier molecular flexibility index (Phi) is 2.39. The van der Waals surface area contributed by atoms with Gasteiger partial charge in [0.05, 0.1) is 12.4 Å². The number of benzene rings is 1. The van der Waals surface area contributed by atoms with Crippen LogP contribution in [0.4, 0.5) is 4.39 Å². The normalized spacial score (nSPS) is 22.8. The van der Waals surface area contributed by atoms with Gasteiger partial charge < -0.3 is 5.32 Å². The molecule has 84 valence electrons. The summed E-state index contributed by atoms with van der Waals surface area (Å²) in [5, 5.41) is 3.30. The van der Waals surface area contributed by atoms with Crippen LogP contribution in [0.5, 0.6) is 0 Å². The van der Waals surface area contributed by atoms with Crippen molar-refractivity contribution in [2.24, 2.45) is 4.99 Å². The van der Waals surface area contributed by atoms with Gasteiger partial charge in [0.25, 0.3) is 0 Å². The number of fused-ring (bicyclic) bond motifs is 1. The molecular weight excluding hydrogens is 203 g/mol. The highest BCUT2D eigenvalue weighted by molar-refractivity contribution is 5.84. The van der Waals surface area contributed by atoms with Crippen LogP contribution in [0.2, 0.25) is 0 Å². The van der Waals surface area contributed by atoms with Gasteiger partial charge in [0.1, 0.15) is 5.82 Å². The molecule has 1 atom stereocenters. The standard InChI is InChI=1S/C13H15FN2/c14-11-3-4-12-9(7-11)1-2-10(12)8-13-15-5-6-16-13/h3-4,7,10H,1-2,5-6,8H2,(H,15,16). The summed E-state index contributed by atoms with van der Waals surface area (Å²) in [4.78, 5) is 4.42. The van der Waals surface area contributed by atoms with Crippen molar-refractivity contribution in [2.75, 3.05) is 13.1 Å². The lowest BCUT2D eigenvalue weighted by atomic mass is 9.97. The fourth-order valence-electron chi connectivity index (χ4n) is 2.70. The number of hydrogen-bond donors (Lipinski definition) is 1. The zero-order valence-corrected chi connectivity index (χ0v) is 9.17. The van der Waals surface area contributed by atoms with Gasteiger partial charge in [-0.15, -0.1) is 0 Å². The zero-order chi connectivity index (χ0) is 11.0. The third-order valence-electron chi connectivity index (χ3n) is 3.49. The Morgan fingerprint density at radius 2 is 2.38 bits per heavy atom. The predicted octanol–water partition coefficient (Wildman–Crippen LogP) is 2.25. The van der Waals surface area contributed by atoms with E-state index in [-0.39, 0.29) is 5.82 Å². The molecule has 1 aromatic rings. The lowest BCUT2D eigenvalue weighted by Crippen LogP contribution is -2.20. The van der Waals surface area contributed by atoms with E-state index in [1.165, 1.54) is 11.1 Å². The second-order valence-corrected chi connectivity index (χ2v) is 4.54. The van der Waals surface area contributed by atoms with E-state index < -0.39 is 0 Å². The monoisotopic (exact) mass is 218 g/mol. The third kappa shape index (κ3) is 1.70. The van der Waals surface area contributed by atoms with Crippen LogP contribution in [-0.4, -0.2) is 18.9 Å². The SMILES string of the molecule is Fc1ccc2c(c1)CCC2CC1=NCCN1. The third-order valence-corrected chi connectivity index (χ3v) is 3.49. The van der Waals surface area contributed by atoms with Gasteiger partial charge in [-0.25, -0.2) is 4.39 Å². The average Bonchev–Trinajstić information content (AvgIpc) is 2.89. The van der Waals surface area contributed by atoms with E-state index in [1.54, 1.807) is 12.1 Å². The van der Waals surface area contributed by atoms with Crippen LogP contribution in [0.1, 0.15) is 29.9 Å². The number of nitrogens with one attached hydrogen (secondary N) is 1. The van der Waals surface area contributed by atoms with Crippen LogP contribution >= 0.6 is 0 Å². The molecule has 0 radical (unpaired) electrons. The van der Waals surface area contributed by atoms with E-state index >= 15 is 0 Å². The second-order valence-electron chi connectivity index (χ2n) is 4.54. The van der Waals surface area contributed by atoms with Crippen molar-refractivity contribution in [3.8, 4) is 0 Å². The molecule has 3 heteroatoms. The number of amidine groups is 1. The van der Waals surface area contributed by atoms with Crippen LogP contribution < -0.4 is 5.32 Å². The second kappa shape index (κ2) is 3.89. The highest BCUT2D eigenvalue weighted by atomic mass is 19.1. The molecule has 3 rings (SSSR count). The molecule has 16 heavy (non-hydrogen) atoms. The molecule has 2 aliphatic rings. The molecule has 1 aliphatic heterocycles. The Morgan fingerprint density at radius 3 is 3.19 bits per heavy atom. The molecular formula is C13H15FN2. The number of rotatable bonds is 2. The highest BCUT2D eigenvalue weighted by Crippen LogP contribution is 2.35. The largest absolute Gasteiger partial charge is 0.372 e. The van der Waals surface area contributed by atoms with Crippen molar-refractivity contribution in [2.45, 2.75) is 25.2 Å². The van der Waals surface area contributed by atoms with E-state index in [1.807, 2.05) is 6.07 Å². The molecule has 1 aromatic carbocycles. The van der Waals surface area contributed by atoms with Gasteiger partial charge in [-0.2, -0.15) is 0 Å². The summed E-state index contributed by atoms with van der Waals surface area (Å²) in [6.07, 6.45) is 3.11. The number of hydrogen-bond acceptors (Lipinski definition) is 2. The first-order valence-electron chi connectivity index (χ1n) is 5.88. The Morgan fingerprint density at radius 1 is 1.44 bits per heavy atom. The lowest BCUT2D eigenvalue weighted by molar-refractivity contribution is 0.625. The lowest BCUT2D eigenvalue weighted by Gasteiger charge is -2.11. The number of aliphatic imine (C=N–C) groups is 1. The fraction of sp³-hybridized carbons (Fsp3) is 0.462. The maximum absolute atomic E-state index is 13.1. The summed E-state index contributed by atoms with van der Waals surface area (Å²) in [6.45, 7) is 1.87. The first-order valence-corrected chi connectivity index (χ1v) is 5.88. The highest BCUT2D eigenvalue weighted by Gasteiger charge is 2.24. The van der Waals surface area contributed by atoms with Crippen LogP contribution in [0.25, 0.3) is 0 Å².